The molecule has 6 fully saturated rings. The van der Waals surface area contributed by atoms with Crippen molar-refractivity contribution < 1.29 is 81.7 Å². The van der Waals surface area contributed by atoms with Crippen LogP contribution in [0, 0.1) is 35.5 Å². The molecule has 24 heteroatoms. The van der Waals surface area contributed by atoms with Crippen molar-refractivity contribution >= 4 is 110 Å². The number of hydrogen-bond acceptors (Lipinski definition) is 20. The Balaban J connectivity index is 0.000000166. The summed E-state index contributed by atoms with van der Waals surface area (Å²) < 4.78 is 37.2. The number of carboxylic acid groups (broad SMARTS) is 1. The van der Waals surface area contributed by atoms with Gasteiger partial charge in [-0.3, -0.25) is 24.0 Å². The predicted molar refractivity (Wildman–Crippen MR) is 397 cm³/mol. The van der Waals surface area contributed by atoms with Crippen molar-refractivity contribution in [2.75, 3.05) is 69.0 Å². The number of carbonyl (C=O) groups is 8. The van der Waals surface area contributed by atoms with Crippen molar-refractivity contribution in [3.05, 3.63) is 124 Å². The Kier molecular flexibility index (Phi) is 29.7. The first-order chi connectivity index (χ1) is 49.1. The Morgan fingerprint density at radius 1 is 0.480 bits per heavy atom. The molecule has 6 aliphatic rings. The summed E-state index contributed by atoms with van der Waals surface area (Å²) in [4.78, 5) is 106. The number of aliphatic hydroxyl groups excluding tert-OH is 1. The fraction of sp³-hybridized carbons (Fsp3) is 0.513. The highest BCUT2D eigenvalue weighted by Crippen LogP contribution is 2.45. The third kappa shape index (κ3) is 21.2. The number of anilines is 3. The van der Waals surface area contributed by atoms with Gasteiger partial charge in [-0.05, 0) is 161 Å². The molecule has 3 saturated carbocycles. The second-order valence-electron chi connectivity index (χ2n) is 27.3. The van der Waals surface area contributed by atoms with Crippen LogP contribution >= 0.6 is 45.6 Å². The summed E-state index contributed by atoms with van der Waals surface area (Å²) in [5.41, 5.74) is 4.88. The molecule has 3 aromatic heterocycles. The van der Waals surface area contributed by atoms with Crippen LogP contribution in [-0.2, 0) is 57.1 Å². The smallest absolute Gasteiger partial charge is 0.350 e. The number of carboxylic acids is 1. The molecule has 9 atom stereocenters. The van der Waals surface area contributed by atoms with Crippen LogP contribution in [0.3, 0.4) is 0 Å². The molecule has 3 N–H and O–H groups in total. The van der Waals surface area contributed by atoms with E-state index in [1.54, 1.807) is 9.80 Å². The SMILES string of the molecule is CC(=O)O[C@H]1C[C@H](C)CC[C@H]1C(=O)Cl.COC(=O)c1sc(-c2ccccc2)cc1N(C(=O)C1CC[C@@H](C)C[C@@H]1OC(C)=O)C1CCOCC1.COC(=O)c1sc(-c2ccccc2)cc1NC1CCOCC1.C[C@@H]1CCC(C(=O)N(c2cc(-c3ccccc3)sc2C(=O)O)C2CCOCC2)[C@@H](O)C1. The first-order valence-corrected chi connectivity index (χ1v) is 38.3. The Morgan fingerprint density at radius 3 is 1.28 bits per heavy atom. The summed E-state index contributed by atoms with van der Waals surface area (Å²) >= 11 is 9.44. The van der Waals surface area contributed by atoms with E-state index < -0.39 is 36.0 Å². The van der Waals surface area contributed by atoms with E-state index in [1.165, 1.54) is 62.1 Å². The molecular weight excluding hydrogens is 1380 g/mol. The minimum atomic E-state index is -1.04. The lowest BCUT2D eigenvalue weighted by molar-refractivity contribution is -0.155. The van der Waals surface area contributed by atoms with Gasteiger partial charge in [0.15, 0.2) is 0 Å². The number of nitrogens with zero attached hydrogens (tertiary/aromatic N) is 2. The number of esters is 4. The van der Waals surface area contributed by atoms with Crippen molar-refractivity contribution in [3.8, 4) is 31.3 Å². The fourth-order valence-corrected chi connectivity index (χ4v) is 17.7. The van der Waals surface area contributed by atoms with Crippen LogP contribution in [0.25, 0.3) is 31.3 Å². The highest BCUT2D eigenvalue weighted by molar-refractivity contribution is 7.18. The number of rotatable bonds is 17. The zero-order valence-electron chi connectivity index (χ0n) is 59.2. The normalized spacial score (nSPS) is 23.1. The zero-order chi connectivity index (χ0) is 73.0. The molecule has 6 aromatic rings. The van der Waals surface area contributed by atoms with Crippen LogP contribution in [0.4, 0.5) is 17.1 Å². The lowest BCUT2D eigenvalue weighted by atomic mass is 9.79. The molecule has 0 bridgehead atoms. The molecular formula is C78H96ClN3O17S3. The van der Waals surface area contributed by atoms with Gasteiger partial charge >= 0.3 is 29.8 Å². The van der Waals surface area contributed by atoms with E-state index in [-0.39, 0.29) is 63.9 Å². The van der Waals surface area contributed by atoms with E-state index >= 15 is 0 Å². The van der Waals surface area contributed by atoms with E-state index in [1.807, 2.05) is 109 Å². The van der Waals surface area contributed by atoms with Gasteiger partial charge < -0.3 is 58.5 Å². The van der Waals surface area contributed by atoms with Gasteiger partial charge in [-0.15, -0.1) is 34.0 Å². The van der Waals surface area contributed by atoms with Gasteiger partial charge in [0.05, 0.1) is 55.1 Å². The molecule has 12 rings (SSSR count). The average Bonchev–Trinajstić information content (AvgIpc) is 1.52. The maximum atomic E-state index is 14.3. The molecule has 2 unspecified atom stereocenters. The number of thiophene rings is 3. The molecule has 102 heavy (non-hydrogen) atoms. The number of benzene rings is 3. The maximum Gasteiger partial charge on any atom is 0.350 e. The first kappa shape index (κ1) is 78.8. The average molecular weight is 1480 g/mol. The monoisotopic (exact) mass is 1480 g/mol. The highest BCUT2D eigenvalue weighted by atomic mass is 35.5. The highest BCUT2D eigenvalue weighted by Gasteiger charge is 2.44. The van der Waals surface area contributed by atoms with Crippen molar-refractivity contribution in [2.24, 2.45) is 35.5 Å². The maximum absolute atomic E-state index is 14.3. The predicted octanol–water partition coefficient (Wildman–Crippen LogP) is 15.4. The molecule has 20 nitrogen and oxygen atoms in total. The van der Waals surface area contributed by atoms with Crippen LogP contribution in [0.15, 0.2) is 109 Å². The second-order valence-corrected chi connectivity index (χ2v) is 30.8. The number of ether oxygens (including phenoxy) is 7. The molecule has 3 saturated heterocycles. The molecule has 3 aliphatic carbocycles. The Bertz CT molecular complexity index is 3750. The number of aliphatic hydroxyl groups is 1. The third-order valence-electron chi connectivity index (χ3n) is 19.7. The van der Waals surface area contributed by atoms with Crippen molar-refractivity contribution in [2.45, 2.75) is 167 Å². The van der Waals surface area contributed by atoms with Crippen LogP contribution in [0.2, 0.25) is 0 Å². The molecule has 6 heterocycles. The van der Waals surface area contributed by atoms with E-state index in [9.17, 15) is 48.6 Å². The number of amides is 2. The Labute approximate surface area is 614 Å². The van der Waals surface area contributed by atoms with Crippen LogP contribution in [0.1, 0.15) is 160 Å². The third-order valence-corrected chi connectivity index (χ3v) is 23.5. The molecule has 3 aromatic carbocycles. The molecule has 2 amide bonds. The summed E-state index contributed by atoms with van der Waals surface area (Å²) in [5, 5.41) is 23.7. The van der Waals surface area contributed by atoms with E-state index in [0.29, 0.717) is 123 Å². The summed E-state index contributed by atoms with van der Waals surface area (Å²) in [6.07, 6.45) is 9.80. The summed E-state index contributed by atoms with van der Waals surface area (Å²) in [7, 11) is 2.77. The van der Waals surface area contributed by atoms with E-state index in [0.717, 1.165) is 95.2 Å². The lowest BCUT2D eigenvalue weighted by Gasteiger charge is -2.40. The van der Waals surface area contributed by atoms with Gasteiger partial charge in [0, 0.05) is 86.2 Å². The lowest BCUT2D eigenvalue weighted by Crippen LogP contribution is -2.51. The molecule has 3 aliphatic heterocycles. The summed E-state index contributed by atoms with van der Waals surface area (Å²) in [6, 6.07) is 35.4. The number of carbonyl (C=O) groups excluding carboxylic acids is 7. The molecule has 0 spiro atoms. The van der Waals surface area contributed by atoms with Crippen molar-refractivity contribution in [3.63, 3.8) is 0 Å². The van der Waals surface area contributed by atoms with Gasteiger partial charge in [-0.25, -0.2) is 14.4 Å². The van der Waals surface area contributed by atoms with Crippen molar-refractivity contribution in [1.82, 2.24) is 0 Å². The van der Waals surface area contributed by atoms with E-state index in [2.05, 4.69) is 26.1 Å². The quantitative estimate of drug-likeness (QED) is 0.0435. The summed E-state index contributed by atoms with van der Waals surface area (Å²) in [5.74, 6) is -2.79. The minimum absolute atomic E-state index is 0.0994. The Hall–Kier alpha value is -7.35. The van der Waals surface area contributed by atoms with Crippen LogP contribution in [0.5, 0.6) is 0 Å². The summed E-state index contributed by atoms with van der Waals surface area (Å²) in [6.45, 7) is 12.7. The molecule has 550 valence electrons. The number of aromatic carboxylic acids is 1. The topological polar surface area (TPSA) is 260 Å². The van der Waals surface area contributed by atoms with Gasteiger partial charge in [-0.1, -0.05) is 112 Å². The van der Waals surface area contributed by atoms with Gasteiger partial charge in [0.1, 0.15) is 26.8 Å². The van der Waals surface area contributed by atoms with Crippen LogP contribution in [-0.4, -0.2) is 147 Å². The molecule has 0 radical (unpaired) electrons. The van der Waals surface area contributed by atoms with Crippen LogP contribution < -0.4 is 15.1 Å². The number of hydrogen-bond donors (Lipinski definition) is 3. The number of methoxy groups -OCH3 is 2. The van der Waals surface area contributed by atoms with Gasteiger partial charge in [-0.2, -0.15) is 0 Å². The van der Waals surface area contributed by atoms with Crippen molar-refractivity contribution in [1.29, 1.82) is 0 Å². The fourth-order valence-electron chi connectivity index (χ4n) is 14.3. The first-order valence-electron chi connectivity index (χ1n) is 35.5. The number of nitrogens with one attached hydrogen (secondary N) is 1. The minimum Gasteiger partial charge on any atom is -0.477 e. The largest absolute Gasteiger partial charge is 0.477 e. The van der Waals surface area contributed by atoms with Gasteiger partial charge in [0.25, 0.3) is 0 Å². The number of halogens is 1. The standard InChI is InChI=1S/C27H33NO6S.C24H29NO5S.C17H19NO3S.C10H15ClO3/c1-17-9-10-21(23(15-17)34-18(2)29)26(30)28(20-11-13-33-14-12-20)22-16-24(19-7-5-4-6-8-19)35-25(22)27(31)32-3;1-15-7-8-18(20(26)13-15)23(27)25(17-9-11-30-12-10-17)19-14-21(31-22(19)24(28)29)16-5-3-2-4-6-16;1-20-17(19)16-14(18-13-7-9-21-10-8-13)11-15(22-16)12-5-3-2-4-6-12;1-6-3-4-8(10(11)13)9(5-6)14-7(2)12/h4-8,16-17,20-21,23H,9-15H2,1-3H3;2-6,14-15,17-18,20,26H,7-13H2,1H3,(H,28,29);2-6,11,13,18H,7-10H2,1H3;6,8-9H,3-5H2,1-2H3/t17-,21?,23+;15-,18?,20+;;6-,8-,9+/m11.1/s1. The van der Waals surface area contributed by atoms with E-state index in [4.69, 9.17) is 44.8 Å². The Morgan fingerprint density at radius 2 is 0.853 bits per heavy atom. The zero-order valence-corrected chi connectivity index (χ0v) is 62.4. The second kappa shape index (κ2) is 38.4. The van der Waals surface area contributed by atoms with Gasteiger partial charge in [0.2, 0.25) is 17.1 Å².